The minimum Gasteiger partial charge on any atom is -0.348 e. The predicted octanol–water partition coefficient (Wildman–Crippen LogP) is 4.47. The summed E-state index contributed by atoms with van der Waals surface area (Å²) in [6.07, 6.45) is 1.11. The number of hydrogen-bond donors (Lipinski definition) is 1. The van der Waals surface area contributed by atoms with Crippen LogP contribution < -0.4 is 9.62 Å². The summed E-state index contributed by atoms with van der Waals surface area (Å²) in [4.78, 5) is 13.1. The molecule has 1 atom stereocenters. The number of hydrogen-bond acceptors (Lipinski definition) is 5. The fourth-order valence-corrected chi connectivity index (χ4v) is 5.72. The van der Waals surface area contributed by atoms with Crippen molar-refractivity contribution in [1.29, 1.82) is 0 Å². The highest BCUT2D eigenvalue weighted by Crippen LogP contribution is 2.33. The van der Waals surface area contributed by atoms with Crippen molar-refractivity contribution in [2.24, 2.45) is 0 Å². The van der Waals surface area contributed by atoms with Crippen LogP contribution in [0.15, 0.2) is 82.6 Å². The Morgan fingerprint density at radius 2 is 1.53 bits per heavy atom. The SMILES string of the molecule is C[C@@H](NC(=O)CN(c1cc(Cl)ccc1Cl)S(=O)(=O)c1ccccc1)c1ccc(S(C)(=O)=O)cc1. The topological polar surface area (TPSA) is 101 Å². The molecule has 1 amide bonds. The van der Waals surface area contributed by atoms with E-state index in [0.29, 0.717) is 5.56 Å². The Bertz CT molecular complexity index is 1400. The summed E-state index contributed by atoms with van der Waals surface area (Å²) in [6.45, 7) is 1.15. The van der Waals surface area contributed by atoms with Crippen molar-refractivity contribution in [3.05, 3.63) is 88.4 Å². The molecule has 0 aliphatic rings. The van der Waals surface area contributed by atoms with Gasteiger partial charge < -0.3 is 5.32 Å². The van der Waals surface area contributed by atoms with E-state index < -0.39 is 38.4 Å². The molecule has 1 N–H and O–H groups in total. The Morgan fingerprint density at radius 1 is 0.912 bits per heavy atom. The van der Waals surface area contributed by atoms with Gasteiger partial charge in [0, 0.05) is 11.3 Å². The van der Waals surface area contributed by atoms with E-state index in [1.54, 1.807) is 37.3 Å². The summed E-state index contributed by atoms with van der Waals surface area (Å²) in [5.41, 5.74) is 0.720. The minimum absolute atomic E-state index is 0.0109. The number of carbonyl (C=O) groups is 1. The van der Waals surface area contributed by atoms with Gasteiger partial charge in [-0.3, -0.25) is 9.10 Å². The van der Waals surface area contributed by atoms with Gasteiger partial charge >= 0.3 is 0 Å². The van der Waals surface area contributed by atoms with Crippen molar-refractivity contribution in [1.82, 2.24) is 5.32 Å². The van der Waals surface area contributed by atoms with E-state index in [-0.39, 0.29) is 25.5 Å². The van der Waals surface area contributed by atoms with Crippen LogP contribution in [0.25, 0.3) is 0 Å². The summed E-state index contributed by atoms with van der Waals surface area (Å²) in [5, 5.41) is 3.11. The molecule has 3 aromatic carbocycles. The number of sulfone groups is 1. The number of nitrogens with zero attached hydrogens (tertiary/aromatic N) is 1. The third-order valence-corrected chi connectivity index (χ3v) is 8.44. The average Bonchev–Trinajstić information content (AvgIpc) is 2.79. The molecule has 0 spiro atoms. The first-order chi connectivity index (χ1) is 15.9. The Labute approximate surface area is 209 Å². The van der Waals surface area contributed by atoms with Crippen molar-refractivity contribution in [3.63, 3.8) is 0 Å². The van der Waals surface area contributed by atoms with Gasteiger partial charge in [0.15, 0.2) is 9.84 Å². The van der Waals surface area contributed by atoms with Crippen LogP contribution in [0.5, 0.6) is 0 Å². The maximum atomic E-state index is 13.4. The molecule has 0 fully saturated rings. The van der Waals surface area contributed by atoms with Crippen molar-refractivity contribution in [2.45, 2.75) is 22.8 Å². The monoisotopic (exact) mass is 540 g/mol. The van der Waals surface area contributed by atoms with Crippen molar-refractivity contribution in [2.75, 3.05) is 17.1 Å². The molecule has 11 heteroatoms. The van der Waals surface area contributed by atoms with E-state index in [4.69, 9.17) is 23.2 Å². The number of rotatable bonds is 8. The minimum atomic E-state index is -4.15. The summed E-state index contributed by atoms with van der Waals surface area (Å²) < 4.78 is 51.0. The van der Waals surface area contributed by atoms with Crippen molar-refractivity contribution >= 4 is 54.7 Å². The van der Waals surface area contributed by atoms with Crippen molar-refractivity contribution < 1.29 is 21.6 Å². The van der Waals surface area contributed by atoms with Crippen LogP contribution in [0.3, 0.4) is 0 Å². The van der Waals surface area contributed by atoms with Gasteiger partial charge in [0.1, 0.15) is 6.54 Å². The second-order valence-electron chi connectivity index (χ2n) is 7.55. The van der Waals surface area contributed by atoms with Crippen LogP contribution in [0.2, 0.25) is 10.0 Å². The lowest BCUT2D eigenvalue weighted by Gasteiger charge is -2.26. The molecule has 7 nitrogen and oxygen atoms in total. The number of halogens is 2. The summed E-state index contributed by atoms with van der Waals surface area (Å²) in [5.74, 6) is -0.588. The molecule has 0 radical (unpaired) electrons. The number of amides is 1. The molecule has 0 aliphatic heterocycles. The maximum Gasteiger partial charge on any atom is 0.264 e. The van der Waals surface area contributed by atoms with Crippen LogP contribution in [-0.2, 0) is 24.7 Å². The number of benzene rings is 3. The van der Waals surface area contributed by atoms with Crippen LogP contribution >= 0.6 is 23.2 Å². The normalized spacial score (nSPS) is 12.7. The molecule has 34 heavy (non-hydrogen) atoms. The van der Waals surface area contributed by atoms with E-state index >= 15 is 0 Å². The Morgan fingerprint density at radius 3 is 2.12 bits per heavy atom. The molecule has 3 rings (SSSR count). The third-order valence-electron chi connectivity index (χ3n) is 4.98. The van der Waals surface area contributed by atoms with Crippen molar-refractivity contribution in [3.8, 4) is 0 Å². The number of carbonyl (C=O) groups excluding carboxylic acids is 1. The largest absolute Gasteiger partial charge is 0.348 e. The molecular weight excluding hydrogens is 519 g/mol. The Hall–Kier alpha value is -2.59. The number of sulfonamides is 1. The van der Waals surface area contributed by atoms with Gasteiger partial charge in [-0.25, -0.2) is 16.8 Å². The van der Waals surface area contributed by atoms with Crippen LogP contribution in [0, 0.1) is 0 Å². The van der Waals surface area contributed by atoms with Gasteiger partial charge in [-0.2, -0.15) is 0 Å². The Balaban J connectivity index is 1.89. The molecule has 180 valence electrons. The fraction of sp³-hybridized carbons (Fsp3) is 0.174. The summed E-state index contributed by atoms with van der Waals surface area (Å²) >= 11 is 12.4. The summed E-state index contributed by atoms with van der Waals surface area (Å²) in [6, 6.07) is 17.6. The maximum absolute atomic E-state index is 13.4. The Kier molecular flexibility index (Phi) is 7.92. The molecule has 0 saturated carbocycles. The van der Waals surface area contributed by atoms with Gasteiger partial charge in [-0.15, -0.1) is 0 Å². The molecule has 0 aliphatic carbocycles. The molecule has 0 unspecified atom stereocenters. The molecule has 0 saturated heterocycles. The highest BCUT2D eigenvalue weighted by atomic mass is 35.5. The van der Waals surface area contributed by atoms with Gasteiger partial charge in [-0.05, 0) is 55.0 Å². The smallest absolute Gasteiger partial charge is 0.264 e. The molecule has 3 aromatic rings. The van der Waals surface area contributed by atoms with E-state index in [1.807, 2.05) is 0 Å². The van der Waals surface area contributed by atoms with Gasteiger partial charge in [-0.1, -0.05) is 53.5 Å². The lowest BCUT2D eigenvalue weighted by Crippen LogP contribution is -2.41. The molecule has 0 bridgehead atoms. The summed E-state index contributed by atoms with van der Waals surface area (Å²) in [7, 11) is -7.50. The van der Waals surface area contributed by atoms with Gasteiger partial charge in [0.25, 0.3) is 10.0 Å². The molecular formula is C23H22Cl2N2O5S2. The highest BCUT2D eigenvalue weighted by molar-refractivity contribution is 7.93. The quantitative estimate of drug-likeness (QED) is 0.454. The standard InChI is InChI=1S/C23H22Cl2N2O5S2/c1-16(17-8-11-19(12-9-17)33(2,29)30)26-23(28)15-27(22-14-18(24)10-13-21(22)25)34(31,32)20-6-4-3-5-7-20/h3-14,16H,15H2,1-2H3,(H,26,28)/t16-/m1/s1. The van der Waals surface area contributed by atoms with Crippen LogP contribution in [-0.4, -0.2) is 35.5 Å². The first-order valence-corrected chi connectivity index (χ1v) is 14.1. The first-order valence-electron chi connectivity index (χ1n) is 10.0. The number of nitrogens with one attached hydrogen (secondary N) is 1. The lowest BCUT2D eigenvalue weighted by molar-refractivity contribution is -0.120. The van der Waals surface area contributed by atoms with Gasteiger partial charge in [0.2, 0.25) is 5.91 Å². The molecule has 0 aromatic heterocycles. The second kappa shape index (κ2) is 10.4. The first kappa shape index (κ1) is 26.0. The van der Waals surface area contributed by atoms with E-state index in [1.165, 1.54) is 42.5 Å². The van der Waals surface area contributed by atoms with E-state index in [2.05, 4.69) is 5.32 Å². The highest BCUT2D eigenvalue weighted by Gasteiger charge is 2.29. The predicted molar refractivity (Wildman–Crippen MR) is 134 cm³/mol. The van der Waals surface area contributed by atoms with E-state index in [9.17, 15) is 21.6 Å². The average molecular weight is 541 g/mol. The van der Waals surface area contributed by atoms with E-state index in [0.717, 1.165) is 10.6 Å². The molecule has 0 heterocycles. The third kappa shape index (κ3) is 6.09. The lowest BCUT2D eigenvalue weighted by atomic mass is 10.1. The zero-order chi connectivity index (χ0) is 25.1. The fourth-order valence-electron chi connectivity index (χ4n) is 3.20. The zero-order valence-electron chi connectivity index (χ0n) is 18.3. The number of anilines is 1. The van der Waals surface area contributed by atoms with Crippen LogP contribution in [0.4, 0.5) is 5.69 Å². The second-order valence-corrected chi connectivity index (χ2v) is 12.3. The van der Waals surface area contributed by atoms with Crippen LogP contribution in [0.1, 0.15) is 18.5 Å². The zero-order valence-corrected chi connectivity index (χ0v) is 21.4. The van der Waals surface area contributed by atoms with Gasteiger partial charge in [0.05, 0.1) is 26.5 Å².